The van der Waals surface area contributed by atoms with Crippen LogP contribution in [0.1, 0.15) is 17.4 Å². The van der Waals surface area contributed by atoms with Crippen LogP contribution in [0.25, 0.3) is 0 Å². The highest BCUT2D eigenvalue weighted by atomic mass is 16.3. The predicted octanol–water partition coefficient (Wildman–Crippen LogP) is 1.90. The molecule has 1 heterocycles. The second-order valence-electron chi connectivity index (χ2n) is 3.24. The van der Waals surface area contributed by atoms with Crippen molar-refractivity contribution in [2.24, 2.45) is 0 Å². The van der Waals surface area contributed by atoms with Crippen molar-refractivity contribution in [2.75, 3.05) is 0 Å². The first-order valence-electron chi connectivity index (χ1n) is 4.62. The van der Waals surface area contributed by atoms with Crippen molar-refractivity contribution in [1.82, 2.24) is 4.57 Å². The summed E-state index contributed by atoms with van der Waals surface area (Å²) in [6, 6.07) is 13.0. The normalized spacial score (nSPS) is 12.0. The van der Waals surface area contributed by atoms with Crippen LogP contribution < -0.4 is 0 Å². The van der Waals surface area contributed by atoms with Crippen molar-refractivity contribution in [3.8, 4) is 6.07 Å². The van der Waals surface area contributed by atoms with Crippen molar-refractivity contribution < 1.29 is 5.11 Å². The molecule has 0 aliphatic rings. The lowest BCUT2D eigenvalue weighted by atomic mass is 10.2. The van der Waals surface area contributed by atoms with E-state index < -0.39 is 6.23 Å². The number of rotatable bonds is 2. The molecular formula is C12H10N2O. The molecule has 3 heteroatoms. The average molecular weight is 198 g/mol. The van der Waals surface area contributed by atoms with Gasteiger partial charge in [0.15, 0.2) is 6.23 Å². The summed E-state index contributed by atoms with van der Waals surface area (Å²) in [6.45, 7) is 0. The minimum absolute atomic E-state index is 0.546. The molecule has 1 aromatic carbocycles. The maximum absolute atomic E-state index is 9.95. The van der Waals surface area contributed by atoms with Gasteiger partial charge < -0.3 is 9.67 Å². The predicted molar refractivity (Wildman–Crippen MR) is 55.9 cm³/mol. The Hall–Kier alpha value is -2.05. The minimum atomic E-state index is -0.728. The van der Waals surface area contributed by atoms with Gasteiger partial charge in [-0.1, -0.05) is 30.3 Å². The molecule has 0 spiro atoms. The Balaban J connectivity index is 2.29. The molecule has 15 heavy (non-hydrogen) atoms. The largest absolute Gasteiger partial charge is 0.369 e. The lowest BCUT2D eigenvalue weighted by Crippen LogP contribution is -2.06. The molecule has 1 unspecified atom stereocenters. The van der Waals surface area contributed by atoms with Gasteiger partial charge in [0.05, 0.1) is 5.56 Å². The highest BCUT2D eigenvalue weighted by Gasteiger charge is 2.08. The Morgan fingerprint density at radius 2 is 1.93 bits per heavy atom. The van der Waals surface area contributed by atoms with Crippen LogP contribution >= 0.6 is 0 Å². The zero-order valence-electron chi connectivity index (χ0n) is 8.04. The molecule has 74 valence electrons. The van der Waals surface area contributed by atoms with E-state index in [-0.39, 0.29) is 0 Å². The van der Waals surface area contributed by atoms with E-state index in [1.54, 1.807) is 23.0 Å². The van der Waals surface area contributed by atoms with Crippen molar-refractivity contribution in [3.63, 3.8) is 0 Å². The number of nitrogens with zero attached hydrogens (tertiary/aromatic N) is 2. The van der Waals surface area contributed by atoms with E-state index in [0.29, 0.717) is 5.56 Å². The van der Waals surface area contributed by atoms with Crippen LogP contribution in [0.5, 0.6) is 0 Å². The van der Waals surface area contributed by atoms with E-state index in [0.717, 1.165) is 5.56 Å². The second-order valence-corrected chi connectivity index (χ2v) is 3.24. The Labute approximate surface area is 87.8 Å². The number of benzene rings is 1. The maximum atomic E-state index is 9.95. The van der Waals surface area contributed by atoms with Gasteiger partial charge in [-0.3, -0.25) is 0 Å². The maximum Gasteiger partial charge on any atom is 0.156 e. The molecule has 1 atom stereocenters. The Kier molecular flexibility index (Phi) is 2.53. The molecule has 0 aliphatic heterocycles. The number of hydrogen-bond acceptors (Lipinski definition) is 2. The van der Waals surface area contributed by atoms with Gasteiger partial charge in [0, 0.05) is 18.0 Å². The smallest absolute Gasteiger partial charge is 0.156 e. The van der Waals surface area contributed by atoms with Gasteiger partial charge in [0.25, 0.3) is 0 Å². The number of aliphatic hydroxyl groups excluding tert-OH is 1. The van der Waals surface area contributed by atoms with Crippen LogP contribution in [-0.4, -0.2) is 9.67 Å². The number of aromatic nitrogens is 1. The summed E-state index contributed by atoms with van der Waals surface area (Å²) in [6.07, 6.45) is 2.58. The first kappa shape index (κ1) is 9.50. The summed E-state index contributed by atoms with van der Waals surface area (Å²) >= 11 is 0. The summed E-state index contributed by atoms with van der Waals surface area (Å²) in [5.41, 5.74) is 1.35. The van der Waals surface area contributed by atoms with Crippen molar-refractivity contribution in [3.05, 3.63) is 59.9 Å². The van der Waals surface area contributed by atoms with Gasteiger partial charge >= 0.3 is 0 Å². The molecule has 0 amide bonds. The highest BCUT2D eigenvalue weighted by Crippen LogP contribution is 2.15. The van der Waals surface area contributed by atoms with Crippen LogP contribution in [-0.2, 0) is 0 Å². The molecule has 1 N–H and O–H groups in total. The van der Waals surface area contributed by atoms with Gasteiger partial charge in [-0.25, -0.2) is 0 Å². The van der Waals surface area contributed by atoms with E-state index in [1.807, 2.05) is 36.4 Å². The average Bonchev–Trinajstić information content (AvgIpc) is 2.78. The molecule has 1 aromatic heterocycles. The third kappa shape index (κ3) is 1.90. The van der Waals surface area contributed by atoms with E-state index in [4.69, 9.17) is 5.26 Å². The Bertz CT molecular complexity index is 482. The summed E-state index contributed by atoms with van der Waals surface area (Å²) in [5, 5.41) is 18.6. The third-order valence-electron chi connectivity index (χ3n) is 2.22. The van der Waals surface area contributed by atoms with E-state index >= 15 is 0 Å². The van der Waals surface area contributed by atoms with Crippen molar-refractivity contribution in [1.29, 1.82) is 5.26 Å². The van der Waals surface area contributed by atoms with Crippen molar-refractivity contribution >= 4 is 0 Å². The molecule has 0 saturated carbocycles. The molecule has 0 bridgehead atoms. The van der Waals surface area contributed by atoms with Gasteiger partial charge in [0.1, 0.15) is 6.07 Å². The lowest BCUT2D eigenvalue weighted by Gasteiger charge is -2.12. The minimum Gasteiger partial charge on any atom is -0.369 e. The quantitative estimate of drug-likeness (QED) is 0.801. The molecule has 0 aliphatic carbocycles. The van der Waals surface area contributed by atoms with Crippen LogP contribution in [0.2, 0.25) is 0 Å². The first-order chi connectivity index (χ1) is 7.31. The number of nitriles is 1. The molecular weight excluding hydrogens is 188 g/mol. The molecule has 0 saturated heterocycles. The van der Waals surface area contributed by atoms with E-state index in [2.05, 4.69) is 0 Å². The zero-order chi connectivity index (χ0) is 10.7. The van der Waals surface area contributed by atoms with Crippen molar-refractivity contribution in [2.45, 2.75) is 6.23 Å². The fourth-order valence-electron chi connectivity index (χ4n) is 1.43. The fourth-order valence-corrected chi connectivity index (χ4v) is 1.43. The van der Waals surface area contributed by atoms with Gasteiger partial charge in [-0.15, -0.1) is 0 Å². The van der Waals surface area contributed by atoms with Crippen LogP contribution in [0.4, 0.5) is 0 Å². The Morgan fingerprint density at radius 3 is 2.53 bits per heavy atom. The van der Waals surface area contributed by atoms with E-state index in [9.17, 15) is 5.11 Å². The monoisotopic (exact) mass is 198 g/mol. The highest BCUT2D eigenvalue weighted by molar-refractivity contribution is 5.27. The SMILES string of the molecule is N#Cc1ccn(C(O)c2ccccc2)c1. The molecule has 3 nitrogen and oxygen atoms in total. The molecule has 2 aromatic rings. The first-order valence-corrected chi connectivity index (χ1v) is 4.62. The van der Waals surface area contributed by atoms with Gasteiger partial charge in [-0.2, -0.15) is 5.26 Å². The van der Waals surface area contributed by atoms with Crippen LogP contribution in [0.3, 0.4) is 0 Å². The fraction of sp³-hybridized carbons (Fsp3) is 0.0833. The Morgan fingerprint density at radius 1 is 1.20 bits per heavy atom. The summed E-state index contributed by atoms with van der Waals surface area (Å²) in [4.78, 5) is 0. The third-order valence-corrected chi connectivity index (χ3v) is 2.22. The molecule has 2 rings (SSSR count). The van der Waals surface area contributed by atoms with Crippen LogP contribution in [0.15, 0.2) is 48.8 Å². The standard InChI is InChI=1S/C12H10N2O/c13-8-10-6-7-14(9-10)12(15)11-4-2-1-3-5-11/h1-7,9,12,15H. The van der Waals surface area contributed by atoms with Gasteiger partial charge in [0.2, 0.25) is 0 Å². The molecule has 0 fully saturated rings. The molecule has 0 radical (unpaired) electrons. The lowest BCUT2D eigenvalue weighted by molar-refractivity contribution is 0.146. The summed E-state index contributed by atoms with van der Waals surface area (Å²) in [5.74, 6) is 0. The van der Waals surface area contributed by atoms with Gasteiger partial charge in [-0.05, 0) is 6.07 Å². The summed E-state index contributed by atoms with van der Waals surface area (Å²) in [7, 11) is 0. The second kappa shape index (κ2) is 3.99. The topological polar surface area (TPSA) is 49.0 Å². The summed E-state index contributed by atoms with van der Waals surface area (Å²) < 4.78 is 1.61. The van der Waals surface area contributed by atoms with Crippen LogP contribution in [0, 0.1) is 11.3 Å². The zero-order valence-corrected chi connectivity index (χ0v) is 8.04. The number of hydrogen-bond donors (Lipinski definition) is 1. The number of aliphatic hydroxyl groups is 1. The van der Waals surface area contributed by atoms with E-state index in [1.165, 1.54) is 0 Å².